The van der Waals surface area contributed by atoms with E-state index in [1.807, 2.05) is 0 Å². The number of esters is 1. The van der Waals surface area contributed by atoms with E-state index in [1.54, 1.807) is 0 Å². The van der Waals surface area contributed by atoms with E-state index in [4.69, 9.17) is 4.74 Å². The molecule has 0 aromatic heterocycles. The molecule has 148 valence electrons. The quantitative estimate of drug-likeness (QED) is 0.808. The zero-order valence-corrected chi connectivity index (χ0v) is 14.7. The number of hydrogen-bond donors (Lipinski definition) is 1. The van der Waals surface area contributed by atoms with Crippen molar-refractivity contribution in [2.24, 2.45) is 0 Å². The van der Waals surface area contributed by atoms with Crippen LogP contribution in [0.5, 0.6) is 5.75 Å². The normalized spacial score (nSPS) is 21.6. The van der Waals surface area contributed by atoms with Gasteiger partial charge in [0.25, 0.3) is 5.91 Å². The highest BCUT2D eigenvalue weighted by molar-refractivity contribution is 5.95. The van der Waals surface area contributed by atoms with E-state index in [2.05, 4.69) is 4.74 Å². The number of morpholine rings is 1. The van der Waals surface area contributed by atoms with E-state index in [0.717, 1.165) is 18.6 Å². The fraction of sp³-hybridized carbons (Fsp3) is 0.556. The van der Waals surface area contributed by atoms with E-state index >= 15 is 0 Å². The van der Waals surface area contributed by atoms with Crippen LogP contribution < -0.4 is 0 Å². The number of alkyl halides is 3. The summed E-state index contributed by atoms with van der Waals surface area (Å²) in [6, 6.07) is 2.34. The van der Waals surface area contributed by atoms with Crippen LogP contribution in [0.15, 0.2) is 18.2 Å². The molecule has 9 heteroatoms. The lowest BCUT2D eigenvalue weighted by Gasteiger charge is -2.54. The SMILES string of the molecule is COC(=O)CC1CN(C(=O)c2cc(O)cc(C(F)(F)F)c2)C2(CCC2)CO1. The molecule has 2 aliphatic rings. The van der Waals surface area contributed by atoms with Crippen molar-refractivity contribution >= 4 is 11.9 Å². The van der Waals surface area contributed by atoms with Gasteiger partial charge in [-0.05, 0) is 37.5 Å². The van der Waals surface area contributed by atoms with Gasteiger partial charge in [-0.3, -0.25) is 9.59 Å². The maximum atomic E-state index is 13.0. The highest BCUT2D eigenvalue weighted by atomic mass is 19.4. The van der Waals surface area contributed by atoms with Crippen molar-refractivity contribution in [3.8, 4) is 5.75 Å². The number of hydrogen-bond acceptors (Lipinski definition) is 5. The first-order chi connectivity index (χ1) is 12.6. The number of rotatable bonds is 3. The van der Waals surface area contributed by atoms with Crippen molar-refractivity contribution in [3.63, 3.8) is 0 Å². The number of nitrogens with zero attached hydrogens (tertiary/aromatic N) is 1. The Kier molecular flexibility index (Phi) is 5.07. The smallest absolute Gasteiger partial charge is 0.416 e. The Hall–Kier alpha value is -2.29. The van der Waals surface area contributed by atoms with Crippen LogP contribution in [0, 0.1) is 0 Å². The molecule has 1 aliphatic carbocycles. The Morgan fingerprint density at radius 3 is 2.59 bits per heavy atom. The van der Waals surface area contributed by atoms with Gasteiger partial charge in [0.2, 0.25) is 0 Å². The van der Waals surface area contributed by atoms with Crippen LogP contribution in [0.1, 0.15) is 41.6 Å². The minimum Gasteiger partial charge on any atom is -0.508 e. The first-order valence-corrected chi connectivity index (χ1v) is 8.56. The van der Waals surface area contributed by atoms with Crippen LogP contribution in [0.2, 0.25) is 0 Å². The summed E-state index contributed by atoms with van der Waals surface area (Å²) in [5, 5.41) is 9.65. The molecule has 0 radical (unpaired) electrons. The Morgan fingerprint density at radius 2 is 2.04 bits per heavy atom. The van der Waals surface area contributed by atoms with Crippen LogP contribution in [0.3, 0.4) is 0 Å². The molecule has 0 bridgehead atoms. The van der Waals surface area contributed by atoms with Crippen molar-refractivity contribution in [2.75, 3.05) is 20.3 Å². The van der Waals surface area contributed by atoms with Crippen LogP contribution in [-0.4, -0.2) is 53.8 Å². The highest BCUT2D eigenvalue weighted by Crippen LogP contribution is 2.42. The fourth-order valence-corrected chi connectivity index (χ4v) is 3.55. The average molecular weight is 387 g/mol. The first kappa shape index (κ1) is 19.5. The molecule has 1 heterocycles. The van der Waals surface area contributed by atoms with Gasteiger partial charge in [-0.2, -0.15) is 13.2 Å². The third kappa shape index (κ3) is 3.87. The number of benzene rings is 1. The molecule has 1 aromatic carbocycles. The van der Waals surface area contributed by atoms with Crippen LogP contribution in [0.25, 0.3) is 0 Å². The summed E-state index contributed by atoms with van der Waals surface area (Å²) in [7, 11) is 1.24. The monoisotopic (exact) mass is 387 g/mol. The topological polar surface area (TPSA) is 76.1 Å². The van der Waals surface area contributed by atoms with Crippen LogP contribution in [-0.2, 0) is 20.4 Å². The number of phenolic OH excluding ortho intramolecular Hbond substituents is 1. The molecular weight excluding hydrogens is 367 g/mol. The second kappa shape index (κ2) is 7.03. The summed E-state index contributed by atoms with van der Waals surface area (Å²) < 4.78 is 49.4. The van der Waals surface area contributed by atoms with Crippen LogP contribution in [0.4, 0.5) is 13.2 Å². The van der Waals surface area contributed by atoms with Gasteiger partial charge in [-0.15, -0.1) is 0 Å². The summed E-state index contributed by atoms with van der Waals surface area (Å²) in [5.41, 5.74) is -1.91. The van der Waals surface area contributed by atoms with E-state index in [-0.39, 0.29) is 25.1 Å². The van der Waals surface area contributed by atoms with Gasteiger partial charge in [-0.25, -0.2) is 0 Å². The van der Waals surface area contributed by atoms with E-state index < -0.39 is 41.0 Å². The number of methoxy groups -OCH3 is 1. The number of halogens is 3. The summed E-state index contributed by atoms with van der Waals surface area (Å²) in [4.78, 5) is 26.0. The molecule has 1 N–H and O–H groups in total. The Balaban J connectivity index is 1.88. The largest absolute Gasteiger partial charge is 0.508 e. The molecule has 1 amide bonds. The third-order valence-electron chi connectivity index (χ3n) is 5.19. The van der Waals surface area contributed by atoms with Gasteiger partial charge in [0.1, 0.15) is 5.75 Å². The Bertz CT molecular complexity index is 745. The van der Waals surface area contributed by atoms with Gasteiger partial charge < -0.3 is 19.5 Å². The van der Waals surface area contributed by atoms with Crippen molar-refractivity contribution in [2.45, 2.75) is 43.5 Å². The lowest BCUT2D eigenvalue weighted by Crippen LogP contribution is -2.64. The molecule has 6 nitrogen and oxygen atoms in total. The van der Waals surface area contributed by atoms with Crippen molar-refractivity contribution in [1.82, 2.24) is 4.90 Å². The predicted molar refractivity (Wildman–Crippen MR) is 87.1 cm³/mol. The summed E-state index contributed by atoms with van der Waals surface area (Å²) in [5.74, 6) is -1.74. The highest BCUT2D eigenvalue weighted by Gasteiger charge is 2.49. The minimum atomic E-state index is -4.68. The zero-order valence-electron chi connectivity index (χ0n) is 14.7. The summed E-state index contributed by atoms with van der Waals surface area (Å²) >= 11 is 0. The molecule has 1 atom stereocenters. The minimum absolute atomic E-state index is 0.0514. The summed E-state index contributed by atoms with van der Waals surface area (Å²) in [6.07, 6.45) is -3.09. The summed E-state index contributed by atoms with van der Waals surface area (Å²) in [6.45, 7) is 0.288. The number of aromatic hydroxyl groups is 1. The molecule has 3 rings (SSSR count). The van der Waals surface area contributed by atoms with Gasteiger partial charge in [0.15, 0.2) is 0 Å². The molecule has 1 saturated carbocycles. The number of carbonyl (C=O) groups excluding carboxylic acids is 2. The molecule has 27 heavy (non-hydrogen) atoms. The van der Waals surface area contributed by atoms with Gasteiger partial charge in [0.05, 0.1) is 37.3 Å². The number of ether oxygens (including phenoxy) is 2. The van der Waals surface area contributed by atoms with E-state index in [9.17, 15) is 27.9 Å². The number of amides is 1. The third-order valence-corrected chi connectivity index (χ3v) is 5.19. The fourth-order valence-electron chi connectivity index (χ4n) is 3.55. The molecule has 1 saturated heterocycles. The Labute approximate surface area is 153 Å². The van der Waals surface area contributed by atoms with Crippen molar-refractivity contribution < 1.29 is 37.3 Å². The maximum absolute atomic E-state index is 13.0. The zero-order chi connectivity index (χ0) is 19.8. The van der Waals surface area contributed by atoms with Gasteiger partial charge >= 0.3 is 12.1 Å². The van der Waals surface area contributed by atoms with Gasteiger partial charge in [0, 0.05) is 12.1 Å². The molecule has 1 aliphatic heterocycles. The van der Waals surface area contributed by atoms with Crippen molar-refractivity contribution in [1.29, 1.82) is 0 Å². The first-order valence-electron chi connectivity index (χ1n) is 8.56. The second-order valence-electron chi connectivity index (χ2n) is 6.97. The van der Waals surface area contributed by atoms with Crippen molar-refractivity contribution in [3.05, 3.63) is 29.3 Å². The van der Waals surface area contributed by atoms with Gasteiger partial charge in [-0.1, -0.05) is 0 Å². The van der Waals surface area contributed by atoms with Crippen LogP contribution >= 0.6 is 0 Å². The maximum Gasteiger partial charge on any atom is 0.416 e. The van der Waals surface area contributed by atoms with E-state index in [1.165, 1.54) is 12.0 Å². The molecule has 1 spiro atoms. The number of phenols is 1. The lowest BCUT2D eigenvalue weighted by molar-refractivity contribution is -0.154. The standard InChI is InChI=1S/C18H20F3NO5/c1-26-15(24)8-14-9-22(17(10-27-14)3-2-4-17)16(25)11-5-12(18(19,20)21)7-13(23)6-11/h5-7,14,23H,2-4,8-10H2,1H3. The Morgan fingerprint density at radius 1 is 1.33 bits per heavy atom. The second-order valence-corrected chi connectivity index (χ2v) is 6.97. The van der Waals surface area contributed by atoms with E-state index in [0.29, 0.717) is 18.9 Å². The lowest BCUT2D eigenvalue weighted by atomic mass is 9.74. The molecule has 1 aromatic rings. The average Bonchev–Trinajstić information content (AvgIpc) is 2.58. The predicted octanol–water partition coefficient (Wildman–Crippen LogP) is 2.74. The number of carbonyl (C=O) groups is 2. The molecule has 2 fully saturated rings. The molecule has 1 unspecified atom stereocenters. The molecular formula is C18H20F3NO5.